The number of aromatic nitrogens is 2. The Morgan fingerprint density at radius 3 is 2.22 bits per heavy atom. The molecule has 144 valence electrons. The van der Waals surface area contributed by atoms with Gasteiger partial charge in [0, 0.05) is 51.0 Å². The van der Waals surface area contributed by atoms with Crippen LogP contribution in [0.2, 0.25) is 0 Å². The highest BCUT2D eigenvalue weighted by atomic mass is 16.2. The van der Waals surface area contributed by atoms with Gasteiger partial charge < -0.3 is 14.7 Å². The summed E-state index contributed by atoms with van der Waals surface area (Å²) < 4.78 is 0. The van der Waals surface area contributed by atoms with Crippen LogP contribution in [-0.4, -0.2) is 60.0 Å². The third-order valence-electron chi connectivity index (χ3n) is 4.87. The van der Waals surface area contributed by atoms with Crippen LogP contribution in [-0.2, 0) is 0 Å². The van der Waals surface area contributed by atoms with Gasteiger partial charge in [0.1, 0.15) is 17.8 Å². The molecule has 1 aromatic carbocycles. The van der Waals surface area contributed by atoms with Crippen molar-refractivity contribution in [3.05, 3.63) is 48.4 Å². The summed E-state index contributed by atoms with van der Waals surface area (Å²) in [5.41, 5.74) is 1.75. The Kier molecular flexibility index (Phi) is 6.63. The Morgan fingerprint density at radius 1 is 0.963 bits per heavy atom. The van der Waals surface area contributed by atoms with E-state index < -0.39 is 0 Å². The lowest BCUT2D eigenvalue weighted by molar-refractivity contribution is 0.0749. The van der Waals surface area contributed by atoms with Crippen molar-refractivity contribution in [2.45, 2.75) is 26.7 Å². The molecule has 1 aromatic heterocycles. The van der Waals surface area contributed by atoms with Crippen LogP contribution in [0.25, 0.3) is 0 Å². The molecule has 1 fully saturated rings. The van der Waals surface area contributed by atoms with E-state index in [1.54, 1.807) is 0 Å². The van der Waals surface area contributed by atoms with E-state index in [0.717, 1.165) is 57.9 Å². The van der Waals surface area contributed by atoms with Gasteiger partial charge in [-0.25, -0.2) is 9.97 Å². The normalized spacial score (nSPS) is 14.3. The molecule has 0 N–H and O–H groups in total. The van der Waals surface area contributed by atoms with E-state index in [0.29, 0.717) is 5.69 Å². The van der Waals surface area contributed by atoms with Crippen molar-refractivity contribution in [1.29, 1.82) is 0 Å². The van der Waals surface area contributed by atoms with E-state index in [1.165, 1.54) is 12.0 Å². The zero-order valence-corrected chi connectivity index (χ0v) is 16.3. The molecule has 0 radical (unpaired) electrons. The molecule has 27 heavy (non-hydrogen) atoms. The van der Waals surface area contributed by atoms with Crippen molar-refractivity contribution in [3.63, 3.8) is 0 Å². The first kappa shape index (κ1) is 19.1. The van der Waals surface area contributed by atoms with Gasteiger partial charge in [0.05, 0.1) is 0 Å². The van der Waals surface area contributed by atoms with Crippen LogP contribution >= 0.6 is 0 Å². The van der Waals surface area contributed by atoms with Crippen molar-refractivity contribution < 1.29 is 4.79 Å². The second-order valence-corrected chi connectivity index (χ2v) is 6.86. The van der Waals surface area contributed by atoms with Gasteiger partial charge in [0.25, 0.3) is 5.91 Å². The number of amides is 1. The van der Waals surface area contributed by atoms with Crippen molar-refractivity contribution in [1.82, 2.24) is 14.9 Å². The van der Waals surface area contributed by atoms with Crippen LogP contribution in [0.3, 0.4) is 0 Å². The predicted octanol–water partition coefficient (Wildman–Crippen LogP) is 3.07. The van der Waals surface area contributed by atoms with Crippen LogP contribution in [0.15, 0.2) is 42.7 Å². The molecule has 1 amide bonds. The minimum atomic E-state index is 0.00488. The zero-order valence-electron chi connectivity index (χ0n) is 16.3. The van der Waals surface area contributed by atoms with Gasteiger partial charge in [0.15, 0.2) is 0 Å². The Hall–Kier alpha value is -2.63. The highest BCUT2D eigenvalue weighted by molar-refractivity contribution is 5.92. The smallest absolute Gasteiger partial charge is 0.272 e. The SMILES string of the molecule is CCCN(CCC)C(=O)c1cc(N2CCN(c3ccccc3)CC2)ncn1. The van der Waals surface area contributed by atoms with Gasteiger partial charge >= 0.3 is 0 Å². The summed E-state index contributed by atoms with van der Waals surface area (Å²) in [6.45, 7) is 9.36. The molecule has 2 heterocycles. The molecule has 6 nitrogen and oxygen atoms in total. The molecular formula is C21H29N5O. The maximum atomic E-state index is 12.8. The number of hydrogen-bond donors (Lipinski definition) is 0. The minimum Gasteiger partial charge on any atom is -0.368 e. The predicted molar refractivity (Wildman–Crippen MR) is 109 cm³/mol. The molecule has 1 aliphatic rings. The van der Waals surface area contributed by atoms with Crippen LogP contribution < -0.4 is 9.80 Å². The average Bonchev–Trinajstić information content (AvgIpc) is 2.74. The van der Waals surface area contributed by atoms with E-state index >= 15 is 0 Å². The number of nitrogens with zero attached hydrogens (tertiary/aromatic N) is 5. The number of para-hydroxylation sites is 1. The van der Waals surface area contributed by atoms with Gasteiger partial charge in [-0.2, -0.15) is 0 Å². The third kappa shape index (κ3) is 4.76. The standard InChI is InChI=1S/C21H29N5O/c1-3-10-26(11-4-2)21(27)19-16-20(23-17-22-19)25-14-12-24(13-15-25)18-8-6-5-7-9-18/h5-9,16-17H,3-4,10-15H2,1-2H3. The second kappa shape index (κ2) is 9.35. The highest BCUT2D eigenvalue weighted by Crippen LogP contribution is 2.19. The maximum Gasteiger partial charge on any atom is 0.272 e. The van der Waals surface area contributed by atoms with Gasteiger partial charge in [-0.3, -0.25) is 4.79 Å². The molecule has 6 heteroatoms. The van der Waals surface area contributed by atoms with Crippen molar-refractivity contribution in [2.75, 3.05) is 49.1 Å². The molecule has 0 spiro atoms. The van der Waals surface area contributed by atoms with Crippen LogP contribution in [0.1, 0.15) is 37.2 Å². The molecule has 0 aliphatic carbocycles. The number of piperazine rings is 1. The van der Waals surface area contributed by atoms with Gasteiger partial charge in [-0.15, -0.1) is 0 Å². The molecule has 2 aromatic rings. The molecule has 0 saturated carbocycles. The van der Waals surface area contributed by atoms with Gasteiger partial charge in [-0.1, -0.05) is 32.0 Å². The van der Waals surface area contributed by atoms with Crippen LogP contribution in [0.5, 0.6) is 0 Å². The highest BCUT2D eigenvalue weighted by Gasteiger charge is 2.21. The summed E-state index contributed by atoms with van der Waals surface area (Å²) in [6.07, 6.45) is 3.42. The minimum absolute atomic E-state index is 0.00488. The number of hydrogen-bond acceptors (Lipinski definition) is 5. The maximum absolute atomic E-state index is 12.8. The first-order valence-electron chi connectivity index (χ1n) is 9.89. The summed E-state index contributed by atoms with van der Waals surface area (Å²) in [5.74, 6) is 0.847. The number of carbonyl (C=O) groups excluding carboxylic acids is 1. The quantitative estimate of drug-likeness (QED) is 0.753. The molecule has 1 aliphatic heterocycles. The average molecular weight is 367 g/mol. The number of carbonyl (C=O) groups is 1. The van der Waals surface area contributed by atoms with Gasteiger partial charge in [0.2, 0.25) is 0 Å². The topological polar surface area (TPSA) is 52.6 Å². The largest absolute Gasteiger partial charge is 0.368 e. The van der Waals surface area contributed by atoms with Crippen molar-refractivity contribution >= 4 is 17.4 Å². The van der Waals surface area contributed by atoms with Crippen LogP contribution in [0, 0.1) is 0 Å². The van der Waals surface area contributed by atoms with Crippen LogP contribution in [0.4, 0.5) is 11.5 Å². The van der Waals surface area contributed by atoms with E-state index in [2.05, 4.69) is 57.9 Å². The molecule has 0 unspecified atom stereocenters. The molecular weight excluding hydrogens is 338 g/mol. The Morgan fingerprint density at radius 2 is 1.59 bits per heavy atom. The molecule has 0 bridgehead atoms. The Labute approximate surface area is 161 Å². The molecule has 0 atom stereocenters. The van der Waals surface area contributed by atoms with E-state index in [4.69, 9.17) is 0 Å². The fraction of sp³-hybridized carbons (Fsp3) is 0.476. The first-order chi connectivity index (χ1) is 13.2. The lowest BCUT2D eigenvalue weighted by atomic mass is 10.2. The number of rotatable bonds is 7. The third-order valence-corrected chi connectivity index (χ3v) is 4.87. The monoisotopic (exact) mass is 367 g/mol. The Bertz CT molecular complexity index is 722. The van der Waals surface area contributed by atoms with E-state index in [9.17, 15) is 4.79 Å². The van der Waals surface area contributed by atoms with E-state index in [-0.39, 0.29) is 5.91 Å². The summed E-state index contributed by atoms with van der Waals surface area (Å²) in [6, 6.07) is 12.3. The summed E-state index contributed by atoms with van der Waals surface area (Å²) in [4.78, 5) is 28.0. The summed E-state index contributed by atoms with van der Waals surface area (Å²) >= 11 is 0. The van der Waals surface area contributed by atoms with Crippen molar-refractivity contribution in [3.8, 4) is 0 Å². The fourth-order valence-corrected chi connectivity index (χ4v) is 3.49. The summed E-state index contributed by atoms with van der Waals surface area (Å²) in [5, 5.41) is 0. The molecule has 3 rings (SSSR count). The summed E-state index contributed by atoms with van der Waals surface area (Å²) in [7, 11) is 0. The van der Waals surface area contributed by atoms with Crippen molar-refractivity contribution in [2.24, 2.45) is 0 Å². The number of benzene rings is 1. The number of anilines is 2. The Balaban J connectivity index is 1.66. The second-order valence-electron chi connectivity index (χ2n) is 6.86. The first-order valence-corrected chi connectivity index (χ1v) is 9.89. The lowest BCUT2D eigenvalue weighted by Crippen LogP contribution is -2.47. The van der Waals surface area contributed by atoms with E-state index in [1.807, 2.05) is 17.0 Å². The lowest BCUT2D eigenvalue weighted by Gasteiger charge is -2.36. The molecule has 1 saturated heterocycles. The fourth-order valence-electron chi connectivity index (χ4n) is 3.49. The van der Waals surface area contributed by atoms with Gasteiger partial charge in [-0.05, 0) is 25.0 Å². The zero-order chi connectivity index (χ0) is 19.1.